The fourth-order valence-corrected chi connectivity index (χ4v) is 5.25. The van der Waals surface area contributed by atoms with Gasteiger partial charge in [0.15, 0.2) is 0 Å². The van der Waals surface area contributed by atoms with Gasteiger partial charge in [0.1, 0.15) is 12.2 Å². The Kier molecular flexibility index (Phi) is 7.55. The van der Waals surface area contributed by atoms with Gasteiger partial charge in [-0.15, -0.1) is 0 Å². The zero-order valence-electron chi connectivity index (χ0n) is 18.0. The first kappa shape index (κ1) is 24.2. The molecule has 3 unspecified atom stereocenters. The molecule has 0 bridgehead atoms. The van der Waals surface area contributed by atoms with Gasteiger partial charge in [-0.05, 0) is 61.8 Å². The van der Waals surface area contributed by atoms with Crippen molar-refractivity contribution in [2.24, 2.45) is 17.6 Å². The van der Waals surface area contributed by atoms with Gasteiger partial charge < -0.3 is 5.73 Å². The van der Waals surface area contributed by atoms with E-state index >= 15 is 0 Å². The number of nitriles is 1. The van der Waals surface area contributed by atoms with Crippen LogP contribution in [0.15, 0.2) is 36.7 Å². The molecule has 1 saturated carbocycles. The number of carbonyl (C=O) groups is 1. The summed E-state index contributed by atoms with van der Waals surface area (Å²) in [5, 5.41) is 8.64. The first-order valence-corrected chi connectivity index (χ1v) is 12.3. The molecular formula is C23H26ClN3O4S. The maximum Gasteiger partial charge on any atom is 0.270 e. The standard InChI is InChI=1S/C23H26ClN3O4S/c1-14(8-22(26)28)7-15(2)32(29,30)31-23(16-3-4-16)20-9-19(12-27-13-20)17-5-6-18(11-25)21(24)10-17/h5-6,9-10,12-16,23H,3-4,7-8H2,1-2H3,(H2,26,28). The van der Waals surface area contributed by atoms with E-state index in [4.69, 9.17) is 26.8 Å². The highest BCUT2D eigenvalue weighted by molar-refractivity contribution is 7.87. The molecule has 170 valence electrons. The molecule has 0 aliphatic heterocycles. The molecule has 2 N–H and O–H groups in total. The molecule has 1 aliphatic rings. The summed E-state index contributed by atoms with van der Waals surface area (Å²) in [6, 6.07) is 8.98. The minimum atomic E-state index is -3.87. The van der Waals surface area contributed by atoms with Crippen molar-refractivity contribution in [1.29, 1.82) is 5.26 Å². The van der Waals surface area contributed by atoms with Crippen molar-refractivity contribution in [1.82, 2.24) is 4.98 Å². The SMILES string of the molecule is CC(CC(N)=O)CC(C)S(=O)(=O)OC(c1cncc(-c2ccc(C#N)c(Cl)c2)c1)C1CC1. The summed E-state index contributed by atoms with van der Waals surface area (Å²) in [6.45, 7) is 3.38. The van der Waals surface area contributed by atoms with Crippen LogP contribution >= 0.6 is 11.6 Å². The third kappa shape index (κ3) is 6.06. The number of pyridine rings is 1. The molecule has 7 nitrogen and oxygen atoms in total. The lowest BCUT2D eigenvalue weighted by Gasteiger charge is -2.22. The topological polar surface area (TPSA) is 123 Å². The van der Waals surface area contributed by atoms with Gasteiger partial charge in [0.2, 0.25) is 5.91 Å². The van der Waals surface area contributed by atoms with Crippen LogP contribution in [0.2, 0.25) is 5.02 Å². The third-order valence-corrected chi connectivity index (χ3v) is 7.54. The zero-order valence-corrected chi connectivity index (χ0v) is 19.6. The number of hydrogen-bond donors (Lipinski definition) is 1. The van der Waals surface area contributed by atoms with Crippen molar-refractivity contribution >= 4 is 27.6 Å². The third-order valence-electron chi connectivity index (χ3n) is 5.58. The minimum Gasteiger partial charge on any atom is -0.370 e. The number of nitrogens with two attached hydrogens (primary N) is 1. The summed E-state index contributed by atoms with van der Waals surface area (Å²) in [5.41, 5.74) is 7.80. The quantitative estimate of drug-likeness (QED) is 0.509. The van der Waals surface area contributed by atoms with Crippen molar-refractivity contribution < 1.29 is 17.4 Å². The number of aromatic nitrogens is 1. The van der Waals surface area contributed by atoms with Crippen molar-refractivity contribution in [2.45, 2.75) is 50.9 Å². The first-order valence-electron chi connectivity index (χ1n) is 10.5. The Hall–Kier alpha value is -2.47. The maximum absolute atomic E-state index is 12.9. The molecule has 0 radical (unpaired) electrons. The molecule has 2 aromatic rings. The van der Waals surface area contributed by atoms with Gasteiger partial charge in [-0.3, -0.25) is 14.0 Å². The second kappa shape index (κ2) is 9.99. The number of nitrogens with zero attached hydrogens (tertiary/aromatic N) is 2. The van der Waals surface area contributed by atoms with Gasteiger partial charge in [-0.25, -0.2) is 0 Å². The predicted molar refractivity (Wildman–Crippen MR) is 122 cm³/mol. The number of benzene rings is 1. The smallest absolute Gasteiger partial charge is 0.270 e. The molecule has 0 saturated heterocycles. The predicted octanol–water partition coefficient (Wildman–Crippen LogP) is 4.36. The lowest BCUT2D eigenvalue weighted by atomic mass is 10.0. The second-order valence-corrected chi connectivity index (χ2v) is 10.9. The molecule has 3 rings (SSSR count). The van der Waals surface area contributed by atoms with Crippen LogP contribution in [0.3, 0.4) is 0 Å². The molecule has 1 aliphatic carbocycles. The average Bonchev–Trinajstić information content (AvgIpc) is 3.56. The molecule has 1 heterocycles. The van der Waals surface area contributed by atoms with Crippen LogP contribution in [0.1, 0.15) is 56.8 Å². The van der Waals surface area contributed by atoms with Gasteiger partial charge in [-0.1, -0.05) is 24.6 Å². The van der Waals surface area contributed by atoms with E-state index in [0.717, 1.165) is 24.0 Å². The molecule has 1 aromatic heterocycles. The van der Waals surface area contributed by atoms with Crippen molar-refractivity contribution in [3.8, 4) is 17.2 Å². The summed E-state index contributed by atoms with van der Waals surface area (Å²) in [6.07, 6.45) is 4.81. The van der Waals surface area contributed by atoms with E-state index in [1.807, 2.05) is 12.1 Å². The Bertz CT molecular complexity index is 1140. The van der Waals surface area contributed by atoms with E-state index < -0.39 is 27.4 Å². The van der Waals surface area contributed by atoms with Gasteiger partial charge in [-0.2, -0.15) is 13.7 Å². The Morgan fingerprint density at radius 3 is 2.59 bits per heavy atom. The monoisotopic (exact) mass is 475 g/mol. The summed E-state index contributed by atoms with van der Waals surface area (Å²) < 4.78 is 31.6. The van der Waals surface area contributed by atoms with Crippen molar-refractivity contribution in [3.05, 3.63) is 52.8 Å². The lowest BCUT2D eigenvalue weighted by Crippen LogP contribution is -2.26. The van der Waals surface area contributed by atoms with E-state index in [9.17, 15) is 13.2 Å². The van der Waals surface area contributed by atoms with E-state index in [0.29, 0.717) is 16.1 Å². The molecule has 1 aromatic carbocycles. The van der Waals surface area contributed by atoms with E-state index in [-0.39, 0.29) is 24.7 Å². The molecular weight excluding hydrogens is 450 g/mol. The first-order chi connectivity index (χ1) is 15.1. The highest BCUT2D eigenvalue weighted by atomic mass is 35.5. The number of halogens is 1. The molecule has 0 spiro atoms. The Morgan fingerprint density at radius 2 is 2.00 bits per heavy atom. The Labute approximate surface area is 193 Å². The number of carbonyl (C=O) groups excluding carboxylic acids is 1. The van der Waals surface area contributed by atoms with Gasteiger partial charge in [0, 0.05) is 29.9 Å². The Morgan fingerprint density at radius 1 is 1.28 bits per heavy atom. The summed E-state index contributed by atoms with van der Waals surface area (Å²) in [5.74, 6) is -0.516. The van der Waals surface area contributed by atoms with E-state index in [1.165, 1.54) is 0 Å². The van der Waals surface area contributed by atoms with E-state index in [2.05, 4.69) is 4.98 Å². The second-order valence-electron chi connectivity index (χ2n) is 8.48. The number of hydrogen-bond acceptors (Lipinski definition) is 6. The fourth-order valence-electron chi connectivity index (χ4n) is 3.71. The summed E-state index contributed by atoms with van der Waals surface area (Å²) >= 11 is 6.16. The normalized spacial score (nSPS) is 16.7. The van der Waals surface area contributed by atoms with E-state index in [1.54, 1.807) is 44.4 Å². The fraction of sp³-hybridized carbons (Fsp3) is 0.435. The van der Waals surface area contributed by atoms with Gasteiger partial charge >= 0.3 is 0 Å². The van der Waals surface area contributed by atoms with Gasteiger partial charge in [0.25, 0.3) is 10.1 Å². The minimum absolute atomic E-state index is 0.0987. The van der Waals surface area contributed by atoms with Crippen LogP contribution in [0.5, 0.6) is 0 Å². The summed E-state index contributed by atoms with van der Waals surface area (Å²) in [4.78, 5) is 15.4. The molecule has 32 heavy (non-hydrogen) atoms. The lowest BCUT2D eigenvalue weighted by molar-refractivity contribution is -0.118. The molecule has 9 heteroatoms. The van der Waals surface area contributed by atoms with Crippen LogP contribution in [0.25, 0.3) is 11.1 Å². The maximum atomic E-state index is 12.9. The summed E-state index contributed by atoms with van der Waals surface area (Å²) in [7, 11) is -3.87. The molecule has 1 fully saturated rings. The van der Waals surface area contributed by atoms with Crippen LogP contribution in [0, 0.1) is 23.2 Å². The highest BCUT2D eigenvalue weighted by Crippen LogP contribution is 2.45. The van der Waals surface area contributed by atoms with Crippen LogP contribution < -0.4 is 5.73 Å². The number of primary amides is 1. The number of amides is 1. The van der Waals surface area contributed by atoms with Crippen LogP contribution in [0.4, 0.5) is 0 Å². The molecule has 1 amide bonds. The average molecular weight is 476 g/mol. The Balaban J connectivity index is 1.82. The largest absolute Gasteiger partial charge is 0.370 e. The van der Waals surface area contributed by atoms with Crippen LogP contribution in [-0.4, -0.2) is 24.6 Å². The molecule has 3 atom stereocenters. The van der Waals surface area contributed by atoms with Crippen molar-refractivity contribution in [2.75, 3.05) is 0 Å². The van der Waals surface area contributed by atoms with Crippen LogP contribution in [-0.2, 0) is 19.1 Å². The zero-order chi connectivity index (χ0) is 23.5. The highest BCUT2D eigenvalue weighted by Gasteiger charge is 2.38. The van der Waals surface area contributed by atoms with Crippen molar-refractivity contribution in [3.63, 3.8) is 0 Å². The van der Waals surface area contributed by atoms with Gasteiger partial charge in [0.05, 0.1) is 15.8 Å². The number of rotatable bonds is 10.